The molecule has 3 aromatic rings. The molecule has 1 aromatic carbocycles. The van der Waals surface area contributed by atoms with E-state index in [2.05, 4.69) is 20.9 Å². The van der Waals surface area contributed by atoms with E-state index >= 15 is 0 Å². The fraction of sp³-hybridized carbons (Fsp3) is 0.118. The van der Waals surface area contributed by atoms with E-state index in [-0.39, 0.29) is 11.2 Å². The molecule has 6 heteroatoms. The van der Waals surface area contributed by atoms with Crippen molar-refractivity contribution in [2.75, 3.05) is 0 Å². The molecule has 0 aliphatic rings. The predicted molar refractivity (Wildman–Crippen MR) is 95.2 cm³/mol. The molecule has 0 aliphatic carbocycles. The van der Waals surface area contributed by atoms with Crippen LogP contribution in [-0.2, 0) is 5.75 Å². The Morgan fingerprint density at radius 2 is 2.22 bits per heavy atom. The van der Waals surface area contributed by atoms with Crippen LogP contribution in [0.2, 0.25) is 0 Å². The van der Waals surface area contributed by atoms with Gasteiger partial charge in [-0.15, -0.1) is 11.3 Å². The molecule has 4 nitrogen and oxygen atoms in total. The fourth-order valence-electron chi connectivity index (χ4n) is 2.16. The van der Waals surface area contributed by atoms with Crippen molar-refractivity contribution < 1.29 is 0 Å². The predicted octanol–water partition coefficient (Wildman–Crippen LogP) is 4.65. The first-order valence-corrected chi connectivity index (χ1v) is 8.78. The van der Waals surface area contributed by atoms with Gasteiger partial charge in [0, 0.05) is 10.6 Å². The first kappa shape index (κ1) is 15.5. The van der Waals surface area contributed by atoms with E-state index in [0.717, 1.165) is 4.88 Å². The summed E-state index contributed by atoms with van der Waals surface area (Å²) in [6.45, 7) is 9.27. The van der Waals surface area contributed by atoms with Crippen molar-refractivity contribution >= 4 is 28.8 Å². The lowest BCUT2D eigenvalue weighted by Crippen LogP contribution is -2.09. The fourth-order valence-corrected chi connectivity index (χ4v) is 3.68. The van der Waals surface area contributed by atoms with Crippen molar-refractivity contribution in [3.05, 3.63) is 74.7 Å². The number of aromatic amines is 1. The van der Waals surface area contributed by atoms with Crippen LogP contribution in [0.5, 0.6) is 0 Å². The molecule has 0 radical (unpaired) electrons. The van der Waals surface area contributed by atoms with Crippen LogP contribution in [0, 0.1) is 13.5 Å². The number of rotatable bonds is 4. The highest BCUT2D eigenvalue weighted by Gasteiger charge is 2.14. The first-order valence-electron chi connectivity index (χ1n) is 6.91. The molecule has 1 N–H and O–H groups in total. The minimum Gasteiger partial charge on any atom is -0.311 e. The van der Waals surface area contributed by atoms with E-state index in [1.54, 1.807) is 0 Å². The lowest BCUT2D eigenvalue weighted by Gasteiger charge is -2.06. The number of hydrogen-bond donors (Lipinski definition) is 1. The zero-order valence-corrected chi connectivity index (χ0v) is 14.0. The summed E-state index contributed by atoms with van der Waals surface area (Å²) in [6.07, 6.45) is 0. The van der Waals surface area contributed by atoms with Crippen LogP contribution in [0.4, 0.5) is 5.69 Å². The highest BCUT2D eigenvalue weighted by Crippen LogP contribution is 2.31. The number of aromatic nitrogens is 2. The molecule has 0 aliphatic heterocycles. The van der Waals surface area contributed by atoms with E-state index in [9.17, 15) is 4.79 Å². The van der Waals surface area contributed by atoms with E-state index in [1.807, 2.05) is 42.6 Å². The average Bonchev–Trinajstić information content (AvgIpc) is 3.07. The quantitative estimate of drug-likeness (QED) is 0.428. The minimum atomic E-state index is -0.384. The van der Waals surface area contributed by atoms with Crippen molar-refractivity contribution in [1.82, 2.24) is 9.97 Å². The number of H-pyrrole nitrogens is 1. The molecule has 2 aromatic heterocycles. The van der Waals surface area contributed by atoms with Gasteiger partial charge < -0.3 is 4.98 Å². The molecule has 0 fully saturated rings. The van der Waals surface area contributed by atoms with Gasteiger partial charge in [0.15, 0.2) is 5.16 Å². The Kier molecular flexibility index (Phi) is 4.60. The Hall–Kier alpha value is -2.36. The molecule has 0 amide bonds. The SMILES string of the molecule is [C-]#[N+]c1c(-c2cccs2)nc(SCc2cccc(C)c2)[nH]c1=O. The second-order valence-electron chi connectivity index (χ2n) is 4.94. The number of thiophene rings is 1. The molecular formula is C17H13N3OS2. The van der Waals surface area contributed by atoms with E-state index in [1.165, 1.54) is 34.2 Å². The van der Waals surface area contributed by atoms with Crippen molar-refractivity contribution in [2.45, 2.75) is 17.8 Å². The van der Waals surface area contributed by atoms with E-state index in [0.29, 0.717) is 16.6 Å². The standard InChI is InChI=1S/C17H13N3OS2/c1-11-5-3-6-12(9-11)10-23-17-19-14(13-7-4-8-22-13)15(18-2)16(21)20-17/h3-9H,10H2,1H3,(H,19,20,21). The second-order valence-corrected chi connectivity index (χ2v) is 6.85. The Labute approximate surface area is 142 Å². The maximum atomic E-state index is 12.1. The van der Waals surface area contributed by atoms with Crippen LogP contribution in [-0.4, -0.2) is 9.97 Å². The summed E-state index contributed by atoms with van der Waals surface area (Å²) in [5.74, 6) is 0.714. The van der Waals surface area contributed by atoms with Gasteiger partial charge in [-0.25, -0.2) is 9.83 Å². The third-order valence-corrected chi connectivity index (χ3v) is 5.02. The van der Waals surface area contributed by atoms with Gasteiger partial charge >= 0.3 is 0 Å². The first-order chi connectivity index (χ1) is 11.2. The molecular weight excluding hydrogens is 326 g/mol. The van der Waals surface area contributed by atoms with Gasteiger partial charge in [0.05, 0.1) is 12.3 Å². The highest BCUT2D eigenvalue weighted by atomic mass is 32.2. The van der Waals surface area contributed by atoms with Gasteiger partial charge in [0.1, 0.15) is 0 Å². The molecule has 0 bridgehead atoms. The van der Waals surface area contributed by atoms with Crippen molar-refractivity contribution in [3.8, 4) is 10.6 Å². The maximum absolute atomic E-state index is 12.1. The molecule has 0 saturated carbocycles. The summed E-state index contributed by atoms with van der Waals surface area (Å²) >= 11 is 2.93. The lowest BCUT2D eigenvalue weighted by atomic mass is 10.2. The Morgan fingerprint density at radius 3 is 2.91 bits per heavy atom. The maximum Gasteiger partial charge on any atom is 0.276 e. The van der Waals surface area contributed by atoms with Crippen LogP contribution in [0.15, 0.2) is 51.7 Å². The minimum absolute atomic E-state index is 0.0485. The third kappa shape index (κ3) is 3.52. The molecule has 114 valence electrons. The van der Waals surface area contributed by atoms with Crippen molar-refractivity contribution in [1.29, 1.82) is 0 Å². The van der Waals surface area contributed by atoms with Crippen molar-refractivity contribution in [2.24, 2.45) is 0 Å². The van der Waals surface area contributed by atoms with Crippen LogP contribution in [0.3, 0.4) is 0 Å². The zero-order valence-electron chi connectivity index (χ0n) is 12.4. The highest BCUT2D eigenvalue weighted by molar-refractivity contribution is 7.98. The van der Waals surface area contributed by atoms with E-state index < -0.39 is 0 Å². The van der Waals surface area contributed by atoms with Crippen molar-refractivity contribution in [3.63, 3.8) is 0 Å². The Balaban J connectivity index is 1.92. The summed E-state index contributed by atoms with van der Waals surface area (Å²) in [4.78, 5) is 23.5. The number of benzene rings is 1. The molecule has 23 heavy (non-hydrogen) atoms. The van der Waals surface area contributed by atoms with Gasteiger partial charge in [-0.1, -0.05) is 47.7 Å². The van der Waals surface area contributed by atoms with Gasteiger partial charge in [-0.05, 0) is 23.9 Å². The zero-order chi connectivity index (χ0) is 16.2. The van der Waals surface area contributed by atoms with Crippen LogP contribution in [0.1, 0.15) is 11.1 Å². The van der Waals surface area contributed by atoms with Gasteiger partial charge in [-0.2, -0.15) is 0 Å². The van der Waals surface area contributed by atoms with Gasteiger partial charge in [0.25, 0.3) is 11.2 Å². The number of hydrogen-bond acceptors (Lipinski definition) is 4. The van der Waals surface area contributed by atoms with E-state index in [4.69, 9.17) is 6.57 Å². The van der Waals surface area contributed by atoms with Crippen LogP contribution in [0.25, 0.3) is 15.4 Å². The Bertz CT molecular complexity index is 924. The lowest BCUT2D eigenvalue weighted by molar-refractivity contribution is 0.950. The normalized spacial score (nSPS) is 10.4. The van der Waals surface area contributed by atoms with Gasteiger partial charge in [0.2, 0.25) is 0 Å². The third-order valence-electron chi connectivity index (χ3n) is 3.20. The summed E-state index contributed by atoms with van der Waals surface area (Å²) in [5.41, 5.74) is 2.50. The van der Waals surface area contributed by atoms with Crippen LogP contribution >= 0.6 is 23.1 Å². The molecule has 0 saturated heterocycles. The number of thioether (sulfide) groups is 1. The van der Waals surface area contributed by atoms with Crippen LogP contribution < -0.4 is 5.56 Å². The number of aryl methyl sites for hydroxylation is 1. The topological polar surface area (TPSA) is 50.1 Å². The summed E-state index contributed by atoms with van der Waals surface area (Å²) in [7, 11) is 0. The molecule has 0 unspecified atom stereocenters. The average molecular weight is 339 g/mol. The number of nitrogens with zero attached hydrogens (tertiary/aromatic N) is 2. The monoisotopic (exact) mass is 339 g/mol. The molecule has 2 heterocycles. The summed E-state index contributed by atoms with van der Waals surface area (Å²) in [5, 5.41) is 2.44. The summed E-state index contributed by atoms with van der Waals surface area (Å²) in [6, 6.07) is 12.0. The smallest absolute Gasteiger partial charge is 0.276 e. The van der Waals surface area contributed by atoms with Gasteiger partial charge in [-0.3, -0.25) is 4.79 Å². The Morgan fingerprint density at radius 1 is 1.35 bits per heavy atom. The second kappa shape index (κ2) is 6.82. The molecule has 0 atom stereocenters. The molecule has 0 spiro atoms. The molecule has 3 rings (SSSR count). The largest absolute Gasteiger partial charge is 0.311 e. The summed E-state index contributed by atoms with van der Waals surface area (Å²) < 4.78 is 0. The number of nitrogens with one attached hydrogen (secondary N) is 1.